The third-order valence-electron chi connectivity index (χ3n) is 8.11. The fraction of sp³-hybridized carbons (Fsp3) is 0.483. The summed E-state index contributed by atoms with van der Waals surface area (Å²) in [6.45, 7) is 3.40. The first-order valence-electron chi connectivity index (χ1n) is 12.5. The van der Waals surface area contributed by atoms with Gasteiger partial charge in [-0.1, -0.05) is 54.6 Å². The van der Waals surface area contributed by atoms with Gasteiger partial charge < -0.3 is 10.0 Å². The van der Waals surface area contributed by atoms with Gasteiger partial charge in [-0.3, -0.25) is 9.79 Å². The molecule has 5 nitrogen and oxygen atoms in total. The summed E-state index contributed by atoms with van der Waals surface area (Å²) < 4.78 is 0. The largest absolute Gasteiger partial charge is 0.481 e. The van der Waals surface area contributed by atoms with E-state index in [0.717, 1.165) is 63.7 Å². The lowest BCUT2D eigenvalue weighted by Gasteiger charge is -2.42. The summed E-state index contributed by atoms with van der Waals surface area (Å²) in [4.78, 5) is 19.2. The number of carbonyl (C=O) groups is 1. The molecule has 5 rings (SSSR count). The Morgan fingerprint density at radius 3 is 2.32 bits per heavy atom. The maximum atomic E-state index is 11.7. The second-order valence-electron chi connectivity index (χ2n) is 10.7. The Balaban J connectivity index is 1.28. The van der Waals surface area contributed by atoms with Gasteiger partial charge in [0.05, 0.1) is 17.9 Å². The van der Waals surface area contributed by atoms with Gasteiger partial charge in [0.15, 0.2) is 0 Å². The summed E-state index contributed by atoms with van der Waals surface area (Å²) in [7, 11) is 0. The van der Waals surface area contributed by atoms with E-state index in [1.165, 1.54) is 16.8 Å². The number of nitrogens with zero attached hydrogens (tertiary/aromatic N) is 3. The number of hydrogen-bond donors (Lipinski definition) is 1. The van der Waals surface area contributed by atoms with E-state index >= 15 is 0 Å². The minimum absolute atomic E-state index is 0.101. The maximum Gasteiger partial charge on any atom is 0.310 e. The Morgan fingerprint density at radius 2 is 1.71 bits per heavy atom. The fourth-order valence-corrected chi connectivity index (χ4v) is 5.48. The van der Waals surface area contributed by atoms with Gasteiger partial charge in [-0.05, 0) is 73.7 Å². The molecule has 2 aromatic carbocycles. The van der Waals surface area contributed by atoms with Crippen molar-refractivity contribution in [3.05, 3.63) is 71.3 Å². The van der Waals surface area contributed by atoms with Crippen LogP contribution in [-0.4, -0.2) is 47.9 Å². The van der Waals surface area contributed by atoms with Crippen molar-refractivity contribution in [1.82, 2.24) is 4.90 Å². The van der Waals surface area contributed by atoms with Crippen molar-refractivity contribution < 1.29 is 9.90 Å². The van der Waals surface area contributed by atoms with E-state index in [2.05, 4.69) is 65.6 Å². The number of piperidine rings is 1. The van der Waals surface area contributed by atoms with Gasteiger partial charge in [0, 0.05) is 24.7 Å². The molecule has 0 bridgehead atoms. The lowest BCUT2D eigenvalue weighted by molar-refractivity contribution is -0.144. The van der Waals surface area contributed by atoms with E-state index < -0.39 is 11.4 Å². The topological polar surface area (TPSA) is 76.7 Å². The first kappa shape index (κ1) is 22.8. The Kier molecular flexibility index (Phi) is 6.27. The molecule has 176 valence electrons. The van der Waals surface area contributed by atoms with Gasteiger partial charge in [-0.25, -0.2) is 0 Å². The maximum absolute atomic E-state index is 11.7. The van der Waals surface area contributed by atoms with Gasteiger partial charge >= 0.3 is 5.97 Å². The van der Waals surface area contributed by atoms with Crippen LogP contribution in [0.3, 0.4) is 0 Å². The molecule has 2 saturated carbocycles. The number of carboxylic acids is 1. The molecular weight excluding hydrogens is 422 g/mol. The molecule has 0 aromatic heterocycles. The summed E-state index contributed by atoms with van der Waals surface area (Å²) in [6.07, 6.45) is 6.19. The highest BCUT2D eigenvalue weighted by molar-refractivity contribution is 6.05. The Labute approximate surface area is 202 Å². The SMILES string of the molecule is N#CCc1ccc(CC2(CN=C3CC3c3ccccc3)CCN(CC3(C(=O)O)CC3)CC2)cc1. The zero-order valence-electron chi connectivity index (χ0n) is 19.7. The smallest absolute Gasteiger partial charge is 0.310 e. The third kappa shape index (κ3) is 5.08. The zero-order chi connectivity index (χ0) is 23.6. The minimum Gasteiger partial charge on any atom is -0.481 e. The molecule has 0 amide bonds. The predicted molar refractivity (Wildman–Crippen MR) is 133 cm³/mol. The first-order valence-corrected chi connectivity index (χ1v) is 12.5. The Hall–Kier alpha value is -2.97. The number of aliphatic carboxylic acids is 1. The van der Waals surface area contributed by atoms with Gasteiger partial charge in [0.2, 0.25) is 0 Å². The molecule has 2 aromatic rings. The van der Waals surface area contributed by atoms with Crippen LogP contribution in [0, 0.1) is 22.2 Å². The second kappa shape index (κ2) is 9.35. The summed E-state index contributed by atoms with van der Waals surface area (Å²) in [5, 5.41) is 18.6. The molecule has 2 aliphatic carbocycles. The van der Waals surface area contributed by atoms with Gasteiger partial charge in [0.25, 0.3) is 0 Å². The van der Waals surface area contributed by atoms with E-state index in [1.54, 1.807) is 0 Å². The monoisotopic (exact) mass is 455 g/mol. The highest BCUT2D eigenvalue weighted by Crippen LogP contribution is 2.48. The Bertz CT molecular complexity index is 1090. The van der Waals surface area contributed by atoms with Crippen molar-refractivity contribution >= 4 is 11.7 Å². The molecule has 5 heteroatoms. The quantitative estimate of drug-likeness (QED) is 0.585. The van der Waals surface area contributed by atoms with Crippen LogP contribution < -0.4 is 0 Å². The highest BCUT2D eigenvalue weighted by Gasteiger charge is 2.51. The molecule has 0 spiro atoms. The number of hydrogen-bond acceptors (Lipinski definition) is 4. The van der Waals surface area contributed by atoms with Crippen molar-refractivity contribution in [3.8, 4) is 6.07 Å². The molecule has 3 fully saturated rings. The van der Waals surface area contributed by atoms with Gasteiger partial charge in [0.1, 0.15) is 0 Å². The van der Waals surface area contributed by atoms with Crippen molar-refractivity contribution in [2.75, 3.05) is 26.2 Å². The number of carboxylic acid groups (broad SMARTS) is 1. The van der Waals surface area contributed by atoms with Crippen molar-refractivity contribution in [3.63, 3.8) is 0 Å². The van der Waals surface area contributed by atoms with Gasteiger partial charge in [-0.2, -0.15) is 5.26 Å². The molecular formula is C29H33N3O2. The molecule has 3 aliphatic rings. The minimum atomic E-state index is -0.631. The number of benzene rings is 2. The average molecular weight is 456 g/mol. The lowest BCUT2D eigenvalue weighted by Crippen LogP contribution is -2.45. The molecule has 1 N–H and O–H groups in total. The van der Waals surface area contributed by atoms with Crippen LogP contribution in [0.2, 0.25) is 0 Å². The highest BCUT2D eigenvalue weighted by atomic mass is 16.4. The molecule has 34 heavy (non-hydrogen) atoms. The number of rotatable bonds is 9. The van der Waals surface area contributed by atoms with E-state index in [9.17, 15) is 9.90 Å². The van der Waals surface area contributed by atoms with Gasteiger partial charge in [-0.15, -0.1) is 0 Å². The number of nitriles is 1. The van der Waals surface area contributed by atoms with E-state index in [4.69, 9.17) is 10.3 Å². The van der Waals surface area contributed by atoms with Crippen LogP contribution in [0.5, 0.6) is 0 Å². The average Bonchev–Trinajstić information content (AvgIpc) is 3.78. The zero-order valence-corrected chi connectivity index (χ0v) is 19.7. The molecule has 1 saturated heterocycles. The second-order valence-corrected chi connectivity index (χ2v) is 10.7. The Morgan fingerprint density at radius 1 is 1.03 bits per heavy atom. The number of likely N-dealkylation sites (tertiary alicyclic amines) is 1. The molecule has 1 atom stereocenters. The van der Waals surface area contributed by atoms with E-state index in [0.29, 0.717) is 18.9 Å². The van der Waals surface area contributed by atoms with Crippen LogP contribution in [0.25, 0.3) is 0 Å². The predicted octanol–water partition coefficient (Wildman–Crippen LogP) is 4.87. The molecule has 1 unspecified atom stereocenters. The third-order valence-corrected chi connectivity index (χ3v) is 8.11. The summed E-state index contributed by atoms with van der Waals surface area (Å²) >= 11 is 0. The van der Waals surface area contributed by atoms with Crippen LogP contribution in [0.15, 0.2) is 59.6 Å². The summed E-state index contributed by atoms with van der Waals surface area (Å²) in [6, 6.07) is 21.4. The summed E-state index contributed by atoms with van der Waals surface area (Å²) in [5.41, 5.74) is 4.65. The van der Waals surface area contributed by atoms with E-state index in [1.807, 2.05) is 0 Å². The standard InChI is InChI=1S/C29H33N3O2/c30-15-10-22-6-8-23(9-7-22)19-28(20-31-26-18-25(26)24-4-2-1-3-5-24)13-16-32(17-14-28)21-29(11-12-29)27(33)34/h1-9,25H,10-14,16-21H2,(H,33,34). The van der Waals surface area contributed by atoms with E-state index in [-0.39, 0.29) is 5.41 Å². The van der Waals surface area contributed by atoms with Crippen LogP contribution in [-0.2, 0) is 17.6 Å². The lowest BCUT2D eigenvalue weighted by atomic mass is 9.73. The van der Waals surface area contributed by atoms with Crippen molar-refractivity contribution in [2.24, 2.45) is 15.8 Å². The molecule has 1 heterocycles. The number of aliphatic imine (C=N–C) groups is 1. The van der Waals surface area contributed by atoms with Crippen molar-refractivity contribution in [1.29, 1.82) is 5.26 Å². The van der Waals surface area contributed by atoms with Crippen LogP contribution in [0.1, 0.15) is 54.7 Å². The van der Waals surface area contributed by atoms with Crippen LogP contribution in [0.4, 0.5) is 0 Å². The van der Waals surface area contributed by atoms with Crippen molar-refractivity contribution in [2.45, 2.75) is 50.9 Å². The molecule has 0 radical (unpaired) electrons. The summed E-state index contributed by atoms with van der Waals surface area (Å²) in [5.74, 6) is -0.150. The first-order chi connectivity index (χ1) is 16.5. The van der Waals surface area contributed by atoms with Crippen LogP contribution >= 0.6 is 0 Å². The fourth-order valence-electron chi connectivity index (χ4n) is 5.48. The molecule has 1 aliphatic heterocycles. The normalized spacial score (nSPS) is 23.9.